The molecule has 138 valence electrons. The van der Waals surface area contributed by atoms with Gasteiger partial charge < -0.3 is 14.4 Å². The summed E-state index contributed by atoms with van der Waals surface area (Å²) in [6.07, 6.45) is 2.31. The average Bonchev–Trinajstić information content (AvgIpc) is 3.12. The molecule has 4 rings (SSSR count). The van der Waals surface area contributed by atoms with Crippen molar-refractivity contribution in [3.05, 3.63) is 70.5 Å². The molecule has 1 saturated heterocycles. The topological polar surface area (TPSA) is 92.1 Å². The zero-order valence-electron chi connectivity index (χ0n) is 15.0. The summed E-state index contributed by atoms with van der Waals surface area (Å²) in [4.78, 5) is 33.4. The molecule has 3 heterocycles. The van der Waals surface area contributed by atoms with Gasteiger partial charge >= 0.3 is 0 Å². The maximum absolute atomic E-state index is 12.8. The first-order valence-electron chi connectivity index (χ1n) is 9.02. The second-order valence-corrected chi connectivity index (χ2v) is 6.68. The third kappa shape index (κ3) is 3.28. The van der Waals surface area contributed by atoms with Crippen LogP contribution in [0, 0.1) is 0 Å². The Hall–Kier alpha value is -3.22. The molecule has 1 atom stereocenters. The van der Waals surface area contributed by atoms with Crippen molar-refractivity contribution in [1.82, 2.24) is 20.0 Å². The lowest BCUT2D eigenvalue weighted by molar-refractivity contribution is -0.137. The Morgan fingerprint density at radius 2 is 2.04 bits per heavy atom. The highest BCUT2D eigenvalue weighted by molar-refractivity contribution is 5.84. The molecule has 0 radical (unpaired) electrons. The molecule has 1 N–H and O–H groups in total. The second kappa shape index (κ2) is 7.19. The Kier molecular flexibility index (Phi) is 4.58. The first-order chi connectivity index (χ1) is 13.2. The standard InChI is InChI=1S/C20H20N4O3/c1-2-15(13-7-4-3-5-8-13)20(26)24-11-14(12-24)19-22-17(23-27-19)16-9-6-10-21-18(16)25/h3-10,14-15H,2,11-12H2,1H3,(H,21,25)/t15-/m1/s1. The van der Waals surface area contributed by atoms with Crippen LogP contribution in [0.1, 0.15) is 36.6 Å². The van der Waals surface area contributed by atoms with Crippen LogP contribution in [0.25, 0.3) is 11.4 Å². The minimum absolute atomic E-state index is 0.00581. The summed E-state index contributed by atoms with van der Waals surface area (Å²) in [5.74, 6) is 0.733. The van der Waals surface area contributed by atoms with E-state index >= 15 is 0 Å². The Balaban J connectivity index is 1.43. The van der Waals surface area contributed by atoms with E-state index in [1.165, 1.54) is 0 Å². The number of H-pyrrole nitrogens is 1. The summed E-state index contributed by atoms with van der Waals surface area (Å²) < 4.78 is 5.33. The van der Waals surface area contributed by atoms with Crippen LogP contribution in [0.4, 0.5) is 0 Å². The predicted molar refractivity (Wildman–Crippen MR) is 99.1 cm³/mol. The number of likely N-dealkylation sites (tertiary alicyclic amines) is 1. The number of benzene rings is 1. The SMILES string of the molecule is CC[C@@H](C(=O)N1CC(c2nc(-c3ccc[nH]c3=O)no2)C1)c1ccccc1. The normalized spacial score (nSPS) is 15.4. The van der Waals surface area contributed by atoms with Gasteiger partial charge in [-0.05, 0) is 24.1 Å². The third-order valence-electron chi connectivity index (χ3n) is 4.95. The Labute approximate surface area is 156 Å². The van der Waals surface area contributed by atoms with Gasteiger partial charge in [0.15, 0.2) is 0 Å². The number of rotatable bonds is 5. The van der Waals surface area contributed by atoms with Gasteiger partial charge in [-0.1, -0.05) is 42.4 Å². The molecule has 0 aliphatic carbocycles. The summed E-state index contributed by atoms with van der Waals surface area (Å²) >= 11 is 0. The summed E-state index contributed by atoms with van der Waals surface area (Å²) in [5.41, 5.74) is 1.15. The molecule has 3 aromatic rings. The highest BCUT2D eigenvalue weighted by atomic mass is 16.5. The third-order valence-corrected chi connectivity index (χ3v) is 4.95. The van der Waals surface area contributed by atoms with Gasteiger partial charge in [-0.15, -0.1) is 0 Å². The zero-order valence-corrected chi connectivity index (χ0v) is 15.0. The lowest BCUT2D eigenvalue weighted by atomic mass is 9.91. The average molecular weight is 364 g/mol. The van der Waals surface area contributed by atoms with E-state index in [2.05, 4.69) is 15.1 Å². The van der Waals surface area contributed by atoms with Crippen LogP contribution in [0.2, 0.25) is 0 Å². The second-order valence-electron chi connectivity index (χ2n) is 6.68. The number of carbonyl (C=O) groups is 1. The van der Waals surface area contributed by atoms with Crippen molar-refractivity contribution in [2.24, 2.45) is 0 Å². The lowest BCUT2D eigenvalue weighted by Gasteiger charge is -2.39. The highest BCUT2D eigenvalue weighted by Gasteiger charge is 2.38. The number of aromatic amines is 1. The molecular formula is C20H20N4O3. The molecule has 0 bridgehead atoms. The molecular weight excluding hydrogens is 344 g/mol. The molecule has 2 aromatic heterocycles. The number of nitrogens with one attached hydrogen (secondary N) is 1. The fourth-order valence-corrected chi connectivity index (χ4v) is 3.38. The van der Waals surface area contributed by atoms with E-state index in [-0.39, 0.29) is 29.1 Å². The van der Waals surface area contributed by atoms with E-state index in [0.717, 1.165) is 12.0 Å². The quantitative estimate of drug-likeness (QED) is 0.751. The van der Waals surface area contributed by atoms with E-state index in [1.807, 2.05) is 42.2 Å². The van der Waals surface area contributed by atoms with E-state index in [4.69, 9.17) is 4.52 Å². The van der Waals surface area contributed by atoms with Gasteiger partial charge in [-0.25, -0.2) is 0 Å². The van der Waals surface area contributed by atoms with E-state index < -0.39 is 0 Å². The molecule has 1 amide bonds. The van der Waals surface area contributed by atoms with Gasteiger partial charge in [0, 0.05) is 19.3 Å². The summed E-state index contributed by atoms with van der Waals surface area (Å²) in [6.45, 7) is 3.12. The first-order valence-corrected chi connectivity index (χ1v) is 9.02. The largest absolute Gasteiger partial charge is 0.340 e. The number of nitrogens with zero attached hydrogens (tertiary/aromatic N) is 3. The molecule has 0 spiro atoms. The summed E-state index contributed by atoms with van der Waals surface area (Å²) in [7, 11) is 0. The van der Waals surface area contributed by atoms with Crippen molar-refractivity contribution in [2.45, 2.75) is 25.2 Å². The molecule has 1 aromatic carbocycles. The van der Waals surface area contributed by atoms with Gasteiger partial charge in [0.25, 0.3) is 5.56 Å². The van der Waals surface area contributed by atoms with Crippen LogP contribution in [0.15, 0.2) is 58.0 Å². The van der Waals surface area contributed by atoms with Crippen LogP contribution in [-0.4, -0.2) is 39.0 Å². The molecule has 0 saturated carbocycles. The Bertz CT molecular complexity index is 989. The number of carbonyl (C=O) groups excluding carboxylic acids is 1. The summed E-state index contributed by atoms with van der Waals surface area (Å²) in [5, 5.41) is 3.91. The van der Waals surface area contributed by atoms with Crippen molar-refractivity contribution < 1.29 is 9.32 Å². The van der Waals surface area contributed by atoms with Crippen molar-refractivity contribution in [2.75, 3.05) is 13.1 Å². The van der Waals surface area contributed by atoms with E-state index in [9.17, 15) is 9.59 Å². The number of aromatic nitrogens is 3. The monoisotopic (exact) mass is 364 g/mol. The molecule has 7 heteroatoms. The maximum Gasteiger partial charge on any atom is 0.259 e. The van der Waals surface area contributed by atoms with Crippen LogP contribution in [0.5, 0.6) is 0 Å². The fraction of sp³-hybridized carbons (Fsp3) is 0.300. The van der Waals surface area contributed by atoms with Gasteiger partial charge in [-0.3, -0.25) is 9.59 Å². The minimum Gasteiger partial charge on any atom is -0.340 e. The molecule has 1 aliphatic heterocycles. The molecule has 7 nitrogen and oxygen atoms in total. The zero-order chi connectivity index (χ0) is 18.8. The van der Waals surface area contributed by atoms with Crippen molar-refractivity contribution in [1.29, 1.82) is 0 Å². The minimum atomic E-state index is -0.260. The van der Waals surface area contributed by atoms with Crippen LogP contribution < -0.4 is 5.56 Å². The van der Waals surface area contributed by atoms with Gasteiger partial charge in [0.05, 0.1) is 17.4 Å². The highest BCUT2D eigenvalue weighted by Crippen LogP contribution is 2.31. The van der Waals surface area contributed by atoms with Crippen LogP contribution in [-0.2, 0) is 4.79 Å². The van der Waals surface area contributed by atoms with Gasteiger partial charge in [0.1, 0.15) is 0 Å². The van der Waals surface area contributed by atoms with Crippen LogP contribution >= 0.6 is 0 Å². The molecule has 1 fully saturated rings. The van der Waals surface area contributed by atoms with Crippen molar-refractivity contribution in [3.63, 3.8) is 0 Å². The maximum atomic E-state index is 12.8. The van der Waals surface area contributed by atoms with Crippen molar-refractivity contribution >= 4 is 5.91 Å². The van der Waals surface area contributed by atoms with E-state index in [1.54, 1.807) is 18.3 Å². The summed E-state index contributed by atoms with van der Waals surface area (Å²) in [6, 6.07) is 13.2. The number of amides is 1. The predicted octanol–water partition coefficient (Wildman–Crippen LogP) is 2.54. The van der Waals surface area contributed by atoms with E-state index in [0.29, 0.717) is 24.5 Å². The lowest BCUT2D eigenvalue weighted by Crippen LogP contribution is -2.50. The van der Waals surface area contributed by atoms with Gasteiger partial charge in [-0.2, -0.15) is 4.98 Å². The Morgan fingerprint density at radius 1 is 1.26 bits per heavy atom. The fourth-order valence-electron chi connectivity index (χ4n) is 3.38. The molecule has 1 aliphatic rings. The van der Waals surface area contributed by atoms with Crippen molar-refractivity contribution in [3.8, 4) is 11.4 Å². The smallest absolute Gasteiger partial charge is 0.259 e. The first kappa shape index (κ1) is 17.2. The number of hydrogen-bond acceptors (Lipinski definition) is 5. The van der Waals surface area contributed by atoms with Gasteiger partial charge in [0.2, 0.25) is 17.6 Å². The molecule has 27 heavy (non-hydrogen) atoms. The Morgan fingerprint density at radius 3 is 2.74 bits per heavy atom. The number of hydrogen-bond donors (Lipinski definition) is 1. The number of pyridine rings is 1. The van der Waals surface area contributed by atoms with Crippen LogP contribution in [0.3, 0.4) is 0 Å². The molecule has 0 unspecified atom stereocenters.